The van der Waals surface area contributed by atoms with Gasteiger partial charge in [-0.3, -0.25) is 0 Å². The van der Waals surface area contributed by atoms with E-state index in [1.165, 1.54) is 6.07 Å². The van der Waals surface area contributed by atoms with Crippen molar-refractivity contribution in [1.82, 2.24) is 0 Å². The van der Waals surface area contributed by atoms with Crippen LogP contribution in [0.15, 0.2) is 18.2 Å². The maximum absolute atomic E-state index is 13.3. The van der Waals surface area contributed by atoms with E-state index in [2.05, 4.69) is 25.4 Å². The third-order valence-corrected chi connectivity index (χ3v) is 4.96. The van der Waals surface area contributed by atoms with E-state index in [-0.39, 0.29) is 16.3 Å². The molecule has 0 aliphatic rings. The minimum Gasteiger partial charge on any atom is -0.395 e. The summed E-state index contributed by atoms with van der Waals surface area (Å²) in [6.07, 6.45) is 4.27. The van der Waals surface area contributed by atoms with Gasteiger partial charge in [0.2, 0.25) is 0 Å². The Morgan fingerprint density at radius 3 is 2.53 bits per heavy atom. The Morgan fingerprint density at radius 2 is 2.00 bits per heavy atom. The molecule has 0 aromatic heterocycles. The first kappa shape index (κ1) is 14.2. The molecule has 17 heavy (non-hydrogen) atoms. The largest absolute Gasteiger partial charge is 0.395 e. The van der Waals surface area contributed by atoms with Crippen LogP contribution in [0, 0.1) is 5.82 Å². The lowest BCUT2D eigenvalue weighted by Gasteiger charge is -2.30. The highest BCUT2D eigenvalue weighted by atomic mass is 32.2. The minimum absolute atomic E-state index is 0.193. The lowest BCUT2D eigenvalue weighted by atomic mass is 10.0. The molecule has 1 aromatic carbocycles. The normalized spacial score (nSPS) is 11.5. The van der Waals surface area contributed by atoms with Gasteiger partial charge >= 0.3 is 0 Å². The van der Waals surface area contributed by atoms with Crippen molar-refractivity contribution in [1.29, 1.82) is 0 Å². The van der Waals surface area contributed by atoms with Crippen molar-refractivity contribution in [2.24, 2.45) is 0 Å². The lowest BCUT2D eigenvalue weighted by molar-refractivity contribution is 0.574. The number of halogens is 1. The Hall–Kier alpha value is -0.900. The zero-order chi connectivity index (χ0) is 12.9. The van der Waals surface area contributed by atoms with Gasteiger partial charge in [-0.25, -0.2) is 4.39 Å². The fourth-order valence-electron chi connectivity index (χ4n) is 1.81. The minimum atomic E-state index is -0.363. The van der Waals surface area contributed by atoms with E-state index in [4.69, 9.17) is 5.73 Å². The van der Waals surface area contributed by atoms with Crippen LogP contribution in [0.4, 0.5) is 15.8 Å². The monoisotopic (exact) mass is 256 g/mol. The molecule has 0 aliphatic carbocycles. The maximum atomic E-state index is 13.3. The summed E-state index contributed by atoms with van der Waals surface area (Å²) in [5.41, 5.74) is 6.58. The first-order chi connectivity index (χ1) is 8.08. The summed E-state index contributed by atoms with van der Waals surface area (Å²) in [7, 11) is 0. The lowest BCUT2D eigenvalue weighted by Crippen LogP contribution is -2.32. The fourth-order valence-corrected chi connectivity index (χ4v) is 2.60. The Bertz CT molecular complexity index is 356. The molecule has 0 fully saturated rings. The molecule has 0 atom stereocenters. The SMILES string of the molecule is CCC(CC)(CNc1cccc(F)c1N)SC. The predicted molar refractivity (Wildman–Crippen MR) is 76.1 cm³/mol. The molecule has 0 amide bonds. The molecule has 96 valence electrons. The number of rotatable bonds is 6. The summed E-state index contributed by atoms with van der Waals surface area (Å²) in [5, 5.41) is 3.26. The van der Waals surface area contributed by atoms with Gasteiger partial charge in [-0.15, -0.1) is 0 Å². The van der Waals surface area contributed by atoms with Gasteiger partial charge in [0.25, 0.3) is 0 Å². The van der Waals surface area contributed by atoms with E-state index in [1.807, 2.05) is 17.8 Å². The van der Waals surface area contributed by atoms with Crippen LogP contribution in [0.3, 0.4) is 0 Å². The van der Waals surface area contributed by atoms with Crippen molar-refractivity contribution < 1.29 is 4.39 Å². The number of nitrogens with one attached hydrogen (secondary N) is 1. The zero-order valence-electron chi connectivity index (χ0n) is 10.7. The number of para-hydroxylation sites is 1. The molecule has 3 N–H and O–H groups in total. The molecule has 0 spiro atoms. The Morgan fingerprint density at radius 1 is 1.35 bits per heavy atom. The number of nitrogens with two attached hydrogens (primary N) is 1. The molecule has 0 saturated carbocycles. The van der Waals surface area contributed by atoms with Crippen LogP contribution in [0.25, 0.3) is 0 Å². The van der Waals surface area contributed by atoms with Crippen LogP contribution in [0.2, 0.25) is 0 Å². The summed E-state index contributed by atoms with van der Waals surface area (Å²) in [4.78, 5) is 0. The van der Waals surface area contributed by atoms with Crippen LogP contribution in [0.1, 0.15) is 26.7 Å². The summed E-state index contributed by atoms with van der Waals surface area (Å²) in [6.45, 7) is 5.15. The second-order valence-electron chi connectivity index (χ2n) is 4.15. The maximum Gasteiger partial charge on any atom is 0.148 e. The molecule has 0 unspecified atom stereocenters. The first-order valence-electron chi connectivity index (χ1n) is 5.91. The van der Waals surface area contributed by atoms with Gasteiger partial charge in [0.1, 0.15) is 5.82 Å². The molecule has 0 bridgehead atoms. The molecular weight excluding hydrogens is 235 g/mol. The highest BCUT2D eigenvalue weighted by Gasteiger charge is 2.24. The van der Waals surface area contributed by atoms with Crippen molar-refractivity contribution in [2.45, 2.75) is 31.4 Å². The summed E-state index contributed by atoms with van der Waals surface area (Å²) in [5.74, 6) is -0.363. The van der Waals surface area contributed by atoms with Gasteiger partial charge in [-0.05, 0) is 31.2 Å². The number of benzene rings is 1. The van der Waals surface area contributed by atoms with Crippen LogP contribution < -0.4 is 11.1 Å². The smallest absolute Gasteiger partial charge is 0.148 e. The Kier molecular flexibility index (Phi) is 5.12. The van der Waals surface area contributed by atoms with Gasteiger partial charge in [-0.2, -0.15) is 11.8 Å². The topological polar surface area (TPSA) is 38.0 Å². The average molecular weight is 256 g/mol. The molecule has 4 heteroatoms. The van der Waals surface area contributed by atoms with E-state index in [1.54, 1.807) is 6.07 Å². The molecule has 0 radical (unpaired) electrons. The summed E-state index contributed by atoms with van der Waals surface area (Å²) in [6, 6.07) is 4.86. The van der Waals surface area contributed by atoms with Crippen molar-refractivity contribution in [3.63, 3.8) is 0 Å². The Labute approximate surface area is 107 Å². The van der Waals surface area contributed by atoms with Crippen LogP contribution in [-0.2, 0) is 0 Å². The highest BCUT2D eigenvalue weighted by molar-refractivity contribution is 8.00. The quantitative estimate of drug-likeness (QED) is 0.761. The van der Waals surface area contributed by atoms with E-state index < -0.39 is 0 Å². The number of nitrogen functional groups attached to an aromatic ring is 1. The average Bonchev–Trinajstić information content (AvgIpc) is 2.36. The second kappa shape index (κ2) is 6.15. The van der Waals surface area contributed by atoms with Crippen molar-refractivity contribution in [3.8, 4) is 0 Å². The van der Waals surface area contributed by atoms with Crippen molar-refractivity contribution >= 4 is 23.1 Å². The van der Waals surface area contributed by atoms with Gasteiger partial charge < -0.3 is 11.1 Å². The fraction of sp³-hybridized carbons (Fsp3) is 0.538. The second-order valence-corrected chi connectivity index (χ2v) is 5.42. The van der Waals surface area contributed by atoms with Crippen molar-refractivity contribution in [3.05, 3.63) is 24.0 Å². The molecule has 0 aliphatic heterocycles. The van der Waals surface area contributed by atoms with Crippen LogP contribution in [-0.4, -0.2) is 17.5 Å². The number of hydrogen-bond acceptors (Lipinski definition) is 3. The standard InChI is InChI=1S/C13H21FN2S/c1-4-13(5-2,17-3)9-16-11-8-6-7-10(14)12(11)15/h6-8,16H,4-5,9,15H2,1-3H3. The van der Waals surface area contributed by atoms with E-state index in [0.717, 1.165) is 19.4 Å². The van der Waals surface area contributed by atoms with Gasteiger partial charge in [0.15, 0.2) is 0 Å². The zero-order valence-corrected chi connectivity index (χ0v) is 11.5. The predicted octanol–water partition coefficient (Wildman–Crippen LogP) is 3.74. The van der Waals surface area contributed by atoms with E-state index in [0.29, 0.717) is 5.69 Å². The molecule has 0 saturated heterocycles. The molecular formula is C13H21FN2S. The van der Waals surface area contributed by atoms with E-state index in [9.17, 15) is 4.39 Å². The van der Waals surface area contributed by atoms with Gasteiger partial charge in [0, 0.05) is 11.3 Å². The van der Waals surface area contributed by atoms with Gasteiger partial charge in [-0.1, -0.05) is 19.9 Å². The molecule has 2 nitrogen and oxygen atoms in total. The Balaban J connectivity index is 2.75. The number of anilines is 2. The van der Waals surface area contributed by atoms with Crippen LogP contribution in [0.5, 0.6) is 0 Å². The summed E-state index contributed by atoms with van der Waals surface area (Å²) >= 11 is 1.85. The first-order valence-corrected chi connectivity index (χ1v) is 7.14. The molecule has 1 aromatic rings. The van der Waals surface area contributed by atoms with Gasteiger partial charge in [0.05, 0.1) is 11.4 Å². The molecule has 0 heterocycles. The highest BCUT2D eigenvalue weighted by Crippen LogP contribution is 2.31. The molecule has 1 rings (SSSR count). The van der Waals surface area contributed by atoms with E-state index >= 15 is 0 Å². The van der Waals surface area contributed by atoms with Crippen LogP contribution >= 0.6 is 11.8 Å². The van der Waals surface area contributed by atoms with Crippen molar-refractivity contribution in [2.75, 3.05) is 23.9 Å². The number of thioether (sulfide) groups is 1. The summed E-state index contributed by atoms with van der Waals surface area (Å²) < 4.78 is 13.5. The third kappa shape index (κ3) is 3.28. The number of hydrogen-bond donors (Lipinski definition) is 2. The third-order valence-electron chi connectivity index (χ3n) is 3.38.